The fourth-order valence-electron chi connectivity index (χ4n) is 7.79. The standard InChI is InChI=1S/C43H36S/c1-28-33(20-10-21-34(28)41-23-11-22-35(43(41)44)29-12-3-2-4-13-29)32-15-9-14-30(26-32)31-24-25-40-38-18-6-5-16-36(38)37-17-7-8-19-39(37)42(40)27-31/h2-3,5-12,14-19,21-27,33,37,39,44H,4,13,20H2,1H3. The van der Waals surface area contributed by atoms with Crippen molar-refractivity contribution in [3.8, 4) is 22.3 Å². The first-order chi connectivity index (χ1) is 21.7. The Hall–Kier alpha value is -4.33. The van der Waals surface area contributed by atoms with E-state index in [1.807, 2.05) is 0 Å². The second-order valence-corrected chi connectivity index (χ2v) is 12.9. The summed E-state index contributed by atoms with van der Waals surface area (Å²) in [4.78, 5) is 1.09. The fourth-order valence-corrected chi connectivity index (χ4v) is 8.20. The third-order valence-electron chi connectivity index (χ3n) is 10.1. The highest BCUT2D eigenvalue weighted by Crippen LogP contribution is 2.50. The average molecular weight is 585 g/mol. The summed E-state index contributed by atoms with van der Waals surface area (Å²) in [7, 11) is 0. The molecule has 0 aromatic heterocycles. The molecule has 214 valence electrons. The smallest absolute Gasteiger partial charge is 0.0194 e. The lowest BCUT2D eigenvalue weighted by atomic mass is 9.69. The van der Waals surface area contributed by atoms with E-state index in [1.165, 1.54) is 66.8 Å². The Balaban J connectivity index is 1.16. The molecular formula is C43H36S. The van der Waals surface area contributed by atoms with Crippen LogP contribution in [0.3, 0.4) is 0 Å². The summed E-state index contributed by atoms with van der Waals surface area (Å²) < 4.78 is 0. The zero-order valence-corrected chi connectivity index (χ0v) is 26.0. The van der Waals surface area contributed by atoms with E-state index in [1.54, 1.807) is 0 Å². The number of fused-ring (bicyclic) bond motifs is 6. The molecule has 3 atom stereocenters. The van der Waals surface area contributed by atoms with Crippen molar-refractivity contribution in [2.45, 2.75) is 48.8 Å². The molecule has 4 aromatic rings. The van der Waals surface area contributed by atoms with Crippen LogP contribution < -0.4 is 0 Å². The van der Waals surface area contributed by atoms with Crippen LogP contribution >= 0.6 is 12.6 Å². The van der Waals surface area contributed by atoms with Crippen molar-refractivity contribution < 1.29 is 0 Å². The molecule has 0 fully saturated rings. The highest BCUT2D eigenvalue weighted by Gasteiger charge is 2.32. The third kappa shape index (κ3) is 4.62. The van der Waals surface area contributed by atoms with Crippen molar-refractivity contribution in [3.05, 3.63) is 173 Å². The van der Waals surface area contributed by atoms with Gasteiger partial charge in [-0.1, -0.05) is 139 Å². The Morgan fingerprint density at radius 2 is 1.41 bits per heavy atom. The zero-order valence-electron chi connectivity index (χ0n) is 25.1. The summed E-state index contributed by atoms with van der Waals surface area (Å²) in [5.74, 6) is 1.10. The predicted octanol–water partition coefficient (Wildman–Crippen LogP) is 11.9. The van der Waals surface area contributed by atoms with Gasteiger partial charge in [-0.3, -0.25) is 0 Å². The van der Waals surface area contributed by atoms with Gasteiger partial charge in [0.15, 0.2) is 0 Å². The van der Waals surface area contributed by atoms with E-state index in [2.05, 4.69) is 147 Å². The van der Waals surface area contributed by atoms with E-state index < -0.39 is 0 Å². The van der Waals surface area contributed by atoms with Gasteiger partial charge in [0, 0.05) is 22.6 Å². The molecule has 4 aromatic carbocycles. The van der Waals surface area contributed by atoms with Crippen LogP contribution in [0.25, 0.3) is 33.4 Å². The number of thiol groups is 1. The summed E-state index contributed by atoms with van der Waals surface area (Å²) >= 11 is 5.10. The van der Waals surface area contributed by atoms with Crippen LogP contribution in [-0.2, 0) is 0 Å². The second kappa shape index (κ2) is 11.3. The van der Waals surface area contributed by atoms with E-state index in [4.69, 9.17) is 12.6 Å². The first-order valence-electron chi connectivity index (χ1n) is 15.9. The molecule has 0 saturated heterocycles. The summed E-state index contributed by atoms with van der Waals surface area (Å²) in [6.45, 7) is 2.32. The monoisotopic (exact) mass is 584 g/mol. The van der Waals surface area contributed by atoms with Gasteiger partial charge < -0.3 is 0 Å². The van der Waals surface area contributed by atoms with Gasteiger partial charge in [-0.05, 0) is 93.5 Å². The predicted molar refractivity (Wildman–Crippen MR) is 190 cm³/mol. The average Bonchev–Trinajstić information content (AvgIpc) is 3.09. The molecule has 0 N–H and O–H groups in total. The van der Waals surface area contributed by atoms with Gasteiger partial charge in [-0.2, -0.15) is 0 Å². The van der Waals surface area contributed by atoms with Crippen molar-refractivity contribution >= 4 is 23.8 Å². The Morgan fingerprint density at radius 1 is 0.659 bits per heavy atom. The quantitative estimate of drug-likeness (QED) is 0.227. The maximum absolute atomic E-state index is 5.10. The lowest BCUT2D eigenvalue weighted by molar-refractivity contribution is 0.720. The van der Waals surface area contributed by atoms with Crippen molar-refractivity contribution in [1.29, 1.82) is 0 Å². The van der Waals surface area contributed by atoms with Crippen LogP contribution in [0.1, 0.15) is 71.8 Å². The minimum absolute atomic E-state index is 0.337. The highest BCUT2D eigenvalue weighted by atomic mass is 32.1. The van der Waals surface area contributed by atoms with E-state index in [0.717, 1.165) is 24.2 Å². The number of hydrogen-bond donors (Lipinski definition) is 1. The summed E-state index contributed by atoms with van der Waals surface area (Å²) in [5.41, 5.74) is 16.1. The fraction of sp³-hybridized carbons (Fsp3) is 0.163. The molecule has 1 heteroatoms. The Bertz CT molecular complexity index is 1970. The van der Waals surface area contributed by atoms with E-state index in [0.29, 0.717) is 17.8 Å². The van der Waals surface area contributed by atoms with Crippen molar-refractivity contribution in [2.24, 2.45) is 0 Å². The zero-order chi connectivity index (χ0) is 29.6. The maximum atomic E-state index is 5.10. The van der Waals surface area contributed by atoms with Crippen molar-refractivity contribution in [1.82, 2.24) is 0 Å². The largest absolute Gasteiger partial charge is 0.142 e. The lowest BCUT2D eigenvalue weighted by Gasteiger charge is -2.34. The Labute approximate surface area is 267 Å². The first kappa shape index (κ1) is 27.2. The van der Waals surface area contributed by atoms with E-state index in [-0.39, 0.29) is 0 Å². The number of benzene rings is 4. The summed E-state index contributed by atoms with van der Waals surface area (Å²) in [6, 6.07) is 32.0. The second-order valence-electron chi connectivity index (χ2n) is 12.5. The SMILES string of the molecule is CC1=C(c2cccc(C3=CC=CCC3)c2S)C=CCC1c1cccc(-c2ccc3c(c2)C2C=CC=CC2c2ccccc2-3)c1. The van der Waals surface area contributed by atoms with Gasteiger partial charge in [-0.15, -0.1) is 12.6 Å². The molecule has 0 heterocycles. The number of allylic oxidation sites excluding steroid dienone is 12. The minimum atomic E-state index is 0.337. The van der Waals surface area contributed by atoms with Gasteiger partial charge in [0.1, 0.15) is 0 Å². The number of rotatable bonds is 4. The van der Waals surface area contributed by atoms with Gasteiger partial charge in [0.25, 0.3) is 0 Å². The minimum Gasteiger partial charge on any atom is -0.142 e. The molecular weight excluding hydrogens is 549 g/mol. The van der Waals surface area contributed by atoms with Crippen LogP contribution in [-0.4, -0.2) is 0 Å². The molecule has 0 aliphatic heterocycles. The molecule has 4 aliphatic carbocycles. The molecule has 0 bridgehead atoms. The Morgan fingerprint density at radius 3 is 2.27 bits per heavy atom. The molecule has 0 amide bonds. The molecule has 44 heavy (non-hydrogen) atoms. The van der Waals surface area contributed by atoms with Crippen molar-refractivity contribution in [2.75, 3.05) is 0 Å². The van der Waals surface area contributed by atoms with Crippen LogP contribution in [0.2, 0.25) is 0 Å². The third-order valence-corrected chi connectivity index (χ3v) is 10.5. The normalized spacial score (nSPS) is 21.5. The molecule has 0 radical (unpaired) electrons. The van der Waals surface area contributed by atoms with Crippen LogP contribution in [0.15, 0.2) is 150 Å². The lowest BCUT2D eigenvalue weighted by Crippen LogP contribution is -2.16. The van der Waals surface area contributed by atoms with Crippen LogP contribution in [0.4, 0.5) is 0 Å². The molecule has 0 spiro atoms. The van der Waals surface area contributed by atoms with Gasteiger partial charge in [-0.25, -0.2) is 0 Å². The van der Waals surface area contributed by atoms with Crippen LogP contribution in [0.5, 0.6) is 0 Å². The van der Waals surface area contributed by atoms with E-state index in [9.17, 15) is 0 Å². The molecule has 8 rings (SSSR count). The van der Waals surface area contributed by atoms with E-state index >= 15 is 0 Å². The Kier molecular flexibility index (Phi) is 7.00. The highest BCUT2D eigenvalue weighted by molar-refractivity contribution is 7.80. The van der Waals surface area contributed by atoms with Gasteiger partial charge >= 0.3 is 0 Å². The molecule has 4 aliphatic rings. The summed E-state index contributed by atoms with van der Waals surface area (Å²) in [6.07, 6.45) is 23.7. The van der Waals surface area contributed by atoms with Crippen LogP contribution in [0, 0.1) is 0 Å². The maximum Gasteiger partial charge on any atom is 0.0194 e. The van der Waals surface area contributed by atoms with Crippen molar-refractivity contribution in [3.63, 3.8) is 0 Å². The first-order valence-corrected chi connectivity index (χ1v) is 16.4. The summed E-state index contributed by atoms with van der Waals surface area (Å²) in [5, 5.41) is 0. The molecule has 0 nitrogen and oxygen atoms in total. The molecule has 3 unspecified atom stereocenters. The van der Waals surface area contributed by atoms with Gasteiger partial charge in [0.2, 0.25) is 0 Å². The number of hydrogen-bond acceptors (Lipinski definition) is 1. The van der Waals surface area contributed by atoms with Gasteiger partial charge in [0.05, 0.1) is 0 Å². The topological polar surface area (TPSA) is 0 Å². The molecule has 0 saturated carbocycles.